The average molecular weight is 404 g/mol. The van der Waals surface area contributed by atoms with Crippen molar-refractivity contribution in [3.8, 4) is 0 Å². The summed E-state index contributed by atoms with van der Waals surface area (Å²) < 4.78 is 0. The number of para-hydroxylation sites is 1. The highest BCUT2D eigenvalue weighted by molar-refractivity contribution is 6.05. The molecule has 0 saturated carbocycles. The van der Waals surface area contributed by atoms with Gasteiger partial charge >= 0.3 is 5.97 Å². The van der Waals surface area contributed by atoms with Gasteiger partial charge in [0.2, 0.25) is 0 Å². The van der Waals surface area contributed by atoms with Crippen molar-refractivity contribution in [2.24, 2.45) is 0 Å². The molecule has 0 bridgehead atoms. The molecule has 0 radical (unpaired) electrons. The van der Waals surface area contributed by atoms with E-state index in [2.05, 4.69) is 0 Å². The van der Waals surface area contributed by atoms with Crippen LogP contribution < -0.4 is 5.06 Å². The number of hydrogen-bond acceptors (Lipinski definition) is 5. The lowest BCUT2D eigenvalue weighted by Gasteiger charge is -2.21. The molecule has 3 rings (SSSR count). The molecule has 7 heteroatoms. The van der Waals surface area contributed by atoms with Gasteiger partial charge in [-0.15, -0.1) is 5.06 Å². The van der Waals surface area contributed by atoms with Gasteiger partial charge in [0.15, 0.2) is 0 Å². The van der Waals surface area contributed by atoms with E-state index in [9.17, 15) is 19.7 Å². The number of hydroxylamine groups is 1. The monoisotopic (exact) mass is 404 g/mol. The van der Waals surface area contributed by atoms with Crippen LogP contribution in [-0.2, 0) is 16.1 Å². The second-order valence-electron chi connectivity index (χ2n) is 6.69. The standard InChI is InChI=1S/C23H20N2O5/c1-17-7-12-19(13-8-17)23(27)24(20-5-3-2-4-6-20)30-22(26)16-11-18-9-14-21(15-10-18)25(28)29/h2-10,12-15H,11,16H2,1H3. The molecule has 0 saturated heterocycles. The van der Waals surface area contributed by atoms with Crippen molar-refractivity contribution in [3.63, 3.8) is 0 Å². The van der Waals surface area contributed by atoms with Crippen LogP contribution in [0.1, 0.15) is 27.9 Å². The molecule has 0 heterocycles. The minimum absolute atomic E-state index is 0.0136. The third-order valence-corrected chi connectivity index (χ3v) is 4.43. The smallest absolute Gasteiger partial charge is 0.333 e. The molecule has 0 spiro atoms. The van der Waals surface area contributed by atoms with Crippen LogP contribution in [0.15, 0.2) is 78.9 Å². The number of nitrogens with zero attached hydrogens (tertiary/aromatic N) is 2. The molecule has 0 aliphatic carbocycles. The van der Waals surface area contributed by atoms with Gasteiger partial charge in [-0.25, -0.2) is 4.79 Å². The molecule has 0 atom stereocenters. The maximum Gasteiger partial charge on any atom is 0.333 e. The van der Waals surface area contributed by atoms with Gasteiger partial charge in [-0.3, -0.25) is 14.9 Å². The Labute approximate surface area is 173 Å². The molecule has 3 aromatic carbocycles. The van der Waals surface area contributed by atoms with Crippen molar-refractivity contribution in [1.82, 2.24) is 0 Å². The minimum Gasteiger partial charge on any atom is -0.333 e. The van der Waals surface area contributed by atoms with Gasteiger partial charge in [-0.05, 0) is 43.2 Å². The lowest BCUT2D eigenvalue weighted by atomic mass is 10.1. The summed E-state index contributed by atoms with van der Waals surface area (Å²) >= 11 is 0. The van der Waals surface area contributed by atoms with Crippen molar-refractivity contribution in [3.05, 3.63) is 106 Å². The highest BCUT2D eigenvalue weighted by Crippen LogP contribution is 2.19. The van der Waals surface area contributed by atoms with E-state index >= 15 is 0 Å². The zero-order valence-corrected chi connectivity index (χ0v) is 16.4. The molecule has 152 valence electrons. The number of hydrogen-bond donors (Lipinski definition) is 0. The first-order valence-corrected chi connectivity index (χ1v) is 9.34. The van der Waals surface area contributed by atoms with E-state index < -0.39 is 16.8 Å². The van der Waals surface area contributed by atoms with Crippen LogP contribution in [-0.4, -0.2) is 16.8 Å². The number of aryl methyl sites for hydroxylation is 2. The van der Waals surface area contributed by atoms with Crippen LogP contribution in [0.4, 0.5) is 11.4 Å². The number of non-ortho nitro benzene ring substituents is 1. The largest absolute Gasteiger partial charge is 0.333 e. The van der Waals surface area contributed by atoms with Crippen molar-refractivity contribution < 1.29 is 19.3 Å². The molecule has 0 unspecified atom stereocenters. The zero-order chi connectivity index (χ0) is 21.5. The molecule has 3 aromatic rings. The van der Waals surface area contributed by atoms with Gasteiger partial charge in [-0.1, -0.05) is 48.0 Å². The predicted molar refractivity (Wildman–Crippen MR) is 112 cm³/mol. The van der Waals surface area contributed by atoms with E-state index in [1.54, 1.807) is 54.6 Å². The number of benzene rings is 3. The highest BCUT2D eigenvalue weighted by atomic mass is 16.7. The van der Waals surface area contributed by atoms with Crippen LogP contribution in [0.25, 0.3) is 0 Å². The Morgan fingerprint density at radius 1 is 0.933 bits per heavy atom. The Bertz CT molecular complexity index is 1030. The number of amides is 1. The summed E-state index contributed by atoms with van der Waals surface area (Å²) in [5.41, 5.74) is 2.59. The number of nitro groups is 1. The summed E-state index contributed by atoms with van der Waals surface area (Å²) in [4.78, 5) is 41.0. The Kier molecular flexibility index (Phi) is 6.54. The van der Waals surface area contributed by atoms with E-state index in [-0.39, 0.29) is 12.1 Å². The summed E-state index contributed by atoms with van der Waals surface area (Å²) in [5.74, 6) is -1.04. The number of carbonyl (C=O) groups is 2. The zero-order valence-electron chi connectivity index (χ0n) is 16.4. The molecule has 7 nitrogen and oxygen atoms in total. The van der Waals surface area contributed by atoms with Crippen LogP contribution in [0, 0.1) is 17.0 Å². The Balaban J connectivity index is 1.71. The second-order valence-corrected chi connectivity index (χ2v) is 6.69. The SMILES string of the molecule is Cc1ccc(C(=O)N(OC(=O)CCc2ccc([N+](=O)[O-])cc2)c2ccccc2)cc1. The lowest BCUT2D eigenvalue weighted by molar-refractivity contribution is -0.384. The Morgan fingerprint density at radius 2 is 1.57 bits per heavy atom. The second kappa shape index (κ2) is 9.47. The first kappa shape index (κ1) is 20.7. The maximum atomic E-state index is 13.0. The number of nitro benzene ring substituents is 1. The molecule has 0 fully saturated rings. The summed E-state index contributed by atoms with van der Waals surface area (Å²) in [7, 11) is 0. The lowest BCUT2D eigenvalue weighted by Crippen LogP contribution is -2.33. The van der Waals surface area contributed by atoms with Gasteiger partial charge < -0.3 is 4.84 Å². The van der Waals surface area contributed by atoms with Gasteiger partial charge in [0.1, 0.15) is 0 Å². The fourth-order valence-electron chi connectivity index (χ4n) is 2.77. The van der Waals surface area contributed by atoms with E-state index in [0.717, 1.165) is 16.2 Å². The maximum absolute atomic E-state index is 13.0. The first-order valence-electron chi connectivity index (χ1n) is 9.34. The molecule has 0 aliphatic heterocycles. The van der Waals surface area contributed by atoms with Crippen LogP contribution in [0.3, 0.4) is 0 Å². The summed E-state index contributed by atoms with van der Waals surface area (Å²) in [6.07, 6.45) is 0.348. The number of rotatable bonds is 6. The number of anilines is 1. The van der Waals surface area contributed by atoms with E-state index in [0.29, 0.717) is 17.7 Å². The van der Waals surface area contributed by atoms with E-state index in [1.807, 2.05) is 19.1 Å². The molecular weight excluding hydrogens is 384 g/mol. The fourth-order valence-corrected chi connectivity index (χ4v) is 2.77. The molecule has 1 amide bonds. The third-order valence-electron chi connectivity index (χ3n) is 4.43. The van der Waals surface area contributed by atoms with E-state index in [4.69, 9.17) is 4.84 Å². The predicted octanol–water partition coefficient (Wildman–Crippen LogP) is 4.64. The van der Waals surface area contributed by atoms with Crippen molar-refractivity contribution in [2.75, 3.05) is 5.06 Å². The molecule has 0 N–H and O–H groups in total. The van der Waals surface area contributed by atoms with Crippen molar-refractivity contribution in [2.45, 2.75) is 19.8 Å². The Hall–Kier alpha value is -4.00. The highest BCUT2D eigenvalue weighted by Gasteiger charge is 2.22. The topological polar surface area (TPSA) is 89.8 Å². The van der Waals surface area contributed by atoms with Crippen LogP contribution >= 0.6 is 0 Å². The quantitative estimate of drug-likeness (QED) is 0.441. The third kappa shape index (κ3) is 5.29. The first-order chi connectivity index (χ1) is 14.4. The van der Waals surface area contributed by atoms with Gasteiger partial charge in [-0.2, -0.15) is 0 Å². The normalized spacial score (nSPS) is 10.3. The van der Waals surface area contributed by atoms with E-state index in [1.165, 1.54) is 12.1 Å². The molecule has 0 aliphatic rings. The minimum atomic E-state index is -0.585. The average Bonchev–Trinajstić information content (AvgIpc) is 2.77. The Morgan fingerprint density at radius 3 is 2.17 bits per heavy atom. The summed E-state index contributed by atoms with van der Waals surface area (Å²) in [6.45, 7) is 1.92. The van der Waals surface area contributed by atoms with Crippen LogP contribution in [0.2, 0.25) is 0 Å². The van der Waals surface area contributed by atoms with Gasteiger partial charge in [0.25, 0.3) is 11.6 Å². The molecular formula is C23H20N2O5. The fraction of sp³-hybridized carbons (Fsp3) is 0.130. The van der Waals surface area contributed by atoms with Crippen molar-refractivity contribution >= 4 is 23.3 Å². The summed E-state index contributed by atoms with van der Waals surface area (Å²) in [6, 6.07) is 21.6. The molecule has 0 aromatic heterocycles. The van der Waals surface area contributed by atoms with Gasteiger partial charge in [0, 0.05) is 17.7 Å². The van der Waals surface area contributed by atoms with Gasteiger partial charge in [0.05, 0.1) is 17.0 Å². The number of carbonyl (C=O) groups excluding carboxylic acids is 2. The van der Waals surface area contributed by atoms with Crippen molar-refractivity contribution in [1.29, 1.82) is 0 Å². The van der Waals surface area contributed by atoms with Crippen LogP contribution in [0.5, 0.6) is 0 Å². The summed E-state index contributed by atoms with van der Waals surface area (Å²) in [5, 5.41) is 11.7. The molecule has 30 heavy (non-hydrogen) atoms.